The van der Waals surface area contributed by atoms with Gasteiger partial charge in [0.25, 0.3) is 0 Å². The molecule has 0 unspecified atom stereocenters. The fraction of sp³-hybridized carbons (Fsp3) is 0.222. The first-order valence-electron chi connectivity index (χ1n) is 4.12. The summed E-state index contributed by atoms with van der Waals surface area (Å²) < 4.78 is 6.11. The zero-order valence-electron chi connectivity index (χ0n) is 7.89. The molecule has 72 valence electrons. The number of nitrogens with zero attached hydrogens (tertiary/aromatic N) is 3. The smallest absolute Gasteiger partial charge is 0.358 e. The molecule has 0 N–H and O–H groups in total. The number of ether oxygens (including phenoxy) is 1. The van der Waals surface area contributed by atoms with E-state index in [-0.39, 0.29) is 5.69 Å². The second-order valence-electron chi connectivity index (χ2n) is 2.90. The summed E-state index contributed by atoms with van der Waals surface area (Å²) in [7, 11) is 1.33. The number of hydrogen-bond acceptors (Lipinski definition) is 4. The van der Waals surface area contributed by atoms with Crippen LogP contribution in [0.1, 0.15) is 16.2 Å². The number of aromatic nitrogens is 3. The number of carbonyl (C=O) groups is 1. The quantitative estimate of drug-likeness (QED) is 0.626. The van der Waals surface area contributed by atoms with Crippen molar-refractivity contribution in [3.05, 3.63) is 29.7 Å². The monoisotopic (exact) mass is 191 g/mol. The third-order valence-electron chi connectivity index (χ3n) is 1.84. The van der Waals surface area contributed by atoms with Gasteiger partial charge in [-0.3, -0.25) is 0 Å². The maximum atomic E-state index is 11.1. The molecule has 0 spiro atoms. The fourth-order valence-electron chi connectivity index (χ4n) is 1.21. The zero-order valence-corrected chi connectivity index (χ0v) is 7.89. The molecule has 0 aliphatic carbocycles. The van der Waals surface area contributed by atoms with Gasteiger partial charge in [-0.05, 0) is 19.1 Å². The summed E-state index contributed by atoms with van der Waals surface area (Å²) in [6.45, 7) is 1.87. The van der Waals surface area contributed by atoms with Gasteiger partial charge >= 0.3 is 5.97 Å². The molecule has 0 fully saturated rings. The van der Waals surface area contributed by atoms with E-state index in [2.05, 4.69) is 14.8 Å². The molecule has 0 aliphatic heterocycles. The van der Waals surface area contributed by atoms with Crippen LogP contribution in [0.3, 0.4) is 0 Å². The van der Waals surface area contributed by atoms with Crippen LogP contribution in [0.2, 0.25) is 0 Å². The largest absolute Gasteiger partial charge is 0.464 e. The summed E-state index contributed by atoms with van der Waals surface area (Å²) in [6, 6.07) is 3.32. The summed E-state index contributed by atoms with van der Waals surface area (Å²) in [5.41, 5.74) is 1.85. The maximum Gasteiger partial charge on any atom is 0.358 e. The van der Waals surface area contributed by atoms with Crippen molar-refractivity contribution in [1.82, 2.24) is 14.6 Å². The van der Waals surface area contributed by atoms with Crippen molar-refractivity contribution in [2.75, 3.05) is 7.11 Å². The van der Waals surface area contributed by atoms with Gasteiger partial charge in [0, 0.05) is 0 Å². The average molecular weight is 191 g/mol. The van der Waals surface area contributed by atoms with Crippen molar-refractivity contribution in [3.8, 4) is 0 Å². The SMILES string of the molecule is COC(=O)c1ccc2nc(C)cn2n1. The van der Waals surface area contributed by atoms with Crippen molar-refractivity contribution < 1.29 is 9.53 Å². The van der Waals surface area contributed by atoms with Crippen molar-refractivity contribution in [1.29, 1.82) is 0 Å². The minimum atomic E-state index is -0.446. The summed E-state index contributed by atoms with van der Waals surface area (Å²) in [6.07, 6.45) is 1.75. The Labute approximate surface area is 80.3 Å². The van der Waals surface area contributed by atoms with Gasteiger partial charge in [0.15, 0.2) is 11.3 Å². The number of fused-ring (bicyclic) bond motifs is 1. The summed E-state index contributed by atoms with van der Waals surface area (Å²) in [5, 5.41) is 4.05. The van der Waals surface area contributed by atoms with Gasteiger partial charge in [0.1, 0.15) is 0 Å². The lowest BCUT2D eigenvalue weighted by molar-refractivity contribution is 0.0592. The van der Waals surface area contributed by atoms with Crippen molar-refractivity contribution >= 4 is 11.6 Å². The van der Waals surface area contributed by atoms with Gasteiger partial charge in [-0.1, -0.05) is 0 Å². The van der Waals surface area contributed by atoms with Crippen LogP contribution in [0.5, 0.6) is 0 Å². The highest BCUT2D eigenvalue weighted by atomic mass is 16.5. The minimum Gasteiger partial charge on any atom is -0.464 e. The second kappa shape index (κ2) is 3.10. The van der Waals surface area contributed by atoms with Crippen LogP contribution in [0.15, 0.2) is 18.3 Å². The summed E-state index contributed by atoms with van der Waals surface area (Å²) >= 11 is 0. The van der Waals surface area contributed by atoms with Crippen LogP contribution >= 0.6 is 0 Å². The summed E-state index contributed by atoms with van der Waals surface area (Å²) in [5.74, 6) is -0.446. The van der Waals surface area contributed by atoms with Crippen LogP contribution in [0.4, 0.5) is 0 Å². The lowest BCUT2D eigenvalue weighted by atomic mass is 10.4. The number of methoxy groups -OCH3 is 1. The number of aryl methyl sites for hydroxylation is 1. The first-order valence-corrected chi connectivity index (χ1v) is 4.12. The van der Waals surface area contributed by atoms with E-state index in [0.717, 1.165) is 11.3 Å². The standard InChI is InChI=1S/C9H9N3O2/c1-6-5-12-8(10-6)4-3-7(11-12)9(13)14-2/h3-5H,1-2H3. The number of rotatable bonds is 1. The Kier molecular flexibility index (Phi) is 1.92. The Morgan fingerprint density at radius 2 is 2.29 bits per heavy atom. The van der Waals surface area contributed by atoms with Gasteiger partial charge in [-0.2, -0.15) is 5.10 Å². The van der Waals surface area contributed by atoms with E-state index >= 15 is 0 Å². The van der Waals surface area contributed by atoms with Gasteiger partial charge in [-0.25, -0.2) is 14.3 Å². The van der Waals surface area contributed by atoms with E-state index in [1.54, 1.807) is 22.8 Å². The Morgan fingerprint density at radius 1 is 1.50 bits per heavy atom. The molecule has 0 amide bonds. The van der Waals surface area contributed by atoms with E-state index in [9.17, 15) is 4.79 Å². The van der Waals surface area contributed by atoms with Gasteiger partial charge in [0.05, 0.1) is 19.0 Å². The molecule has 2 aromatic rings. The maximum absolute atomic E-state index is 11.1. The molecular weight excluding hydrogens is 182 g/mol. The fourth-order valence-corrected chi connectivity index (χ4v) is 1.21. The number of carbonyl (C=O) groups excluding carboxylic acids is 1. The average Bonchev–Trinajstić information content (AvgIpc) is 2.55. The molecular formula is C9H9N3O2. The van der Waals surface area contributed by atoms with E-state index in [0.29, 0.717) is 0 Å². The van der Waals surface area contributed by atoms with Crippen LogP contribution in [-0.2, 0) is 4.74 Å². The second-order valence-corrected chi connectivity index (χ2v) is 2.90. The molecule has 2 heterocycles. The molecule has 5 heteroatoms. The minimum absolute atomic E-state index is 0.275. The summed E-state index contributed by atoms with van der Waals surface area (Å²) in [4.78, 5) is 15.3. The highest BCUT2D eigenvalue weighted by molar-refractivity contribution is 5.87. The lowest BCUT2D eigenvalue weighted by Crippen LogP contribution is -2.06. The van der Waals surface area contributed by atoms with E-state index in [4.69, 9.17) is 0 Å². The van der Waals surface area contributed by atoms with Gasteiger partial charge in [0.2, 0.25) is 0 Å². The third-order valence-corrected chi connectivity index (χ3v) is 1.84. The first kappa shape index (κ1) is 8.68. The predicted molar refractivity (Wildman–Crippen MR) is 49.1 cm³/mol. The molecule has 0 atom stereocenters. The number of imidazole rings is 1. The molecule has 0 bridgehead atoms. The first-order chi connectivity index (χ1) is 6.70. The van der Waals surface area contributed by atoms with Gasteiger partial charge in [-0.15, -0.1) is 0 Å². The molecule has 5 nitrogen and oxygen atoms in total. The molecule has 0 saturated heterocycles. The third kappa shape index (κ3) is 1.32. The molecule has 0 saturated carbocycles. The molecule has 0 radical (unpaired) electrons. The van der Waals surface area contributed by atoms with Crippen molar-refractivity contribution in [3.63, 3.8) is 0 Å². The normalized spacial score (nSPS) is 10.4. The molecule has 2 aromatic heterocycles. The van der Waals surface area contributed by atoms with Crippen LogP contribution in [0.25, 0.3) is 5.65 Å². The van der Waals surface area contributed by atoms with Crippen LogP contribution in [0, 0.1) is 6.92 Å². The Hall–Kier alpha value is -1.91. The Bertz CT molecular complexity index is 490. The molecule has 0 aliphatic rings. The topological polar surface area (TPSA) is 56.5 Å². The van der Waals surface area contributed by atoms with E-state index in [1.807, 2.05) is 6.92 Å². The van der Waals surface area contributed by atoms with Crippen molar-refractivity contribution in [2.24, 2.45) is 0 Å². The lowest BCUT2D eigenvalue weighted by Gasteiger charge is -1.97. The molecule has 2 rings (SSSR count). The Balaban J connectivity index is 2.55. The van der Waals surface area contributed by atoms with Gasteiger partial charge < -0.3 is 4.74 Å². The zero-order chi connectivity index (χ0) is 10.1. The Morgan fingerprint density at radius 3 is 3.00 bits per heavy atom. The predicted octanol–water partition coefficient (Wildman–Crippen LogP) is 0.824. The van der Waals surface area contributed by atoms with E-state index < -0.39 is 5.97 Å². The highest BCUT2D eigenvalue weighted by Gasteiger charge is 2.08. The molecule has 0 aromatic carbocycles. The highest BCUT2D eigenvalue weighted by Crippen LogP contribution is 2.04. The van der Waals surface area contributed by atoms with Crippen molar-refractivity contribution in [2.45, 2.75) is 6.92 Å². The number of esters is 1. The number of hydrogen-bond donors (Lipinski definition) is 0. The van der Waals surface area contributed by atoms with Crippen LogP contribution in [-0.4, -0.2) is 27.7 Å². The van der Waals surface area contributed by atoms with Crippen LogP contribution < -0.4 is 0 Å². The van der Waals surface area contributed by atoms with E-state index in [1.165, 1.54) is 7.11 Å². The molecule has 14 heavy (non-hydrogen) atoms.